The average molecular weight is 629 g/mol. The van der Waals surface area contributed by atoms with Gasteiger partial charge in [0.05, 0.1) is 13.2 Å². The van der Waals surface area contributed by atoms with E-state index >= 15 is 0 Å². The molecular weight excluding hydrogens is 581 g/mol. The maximum absolute atomic E-state index is 12.3. The molecule has 236 valence electrons. The molecule has 42 heavy (non-hydrogen) atoms. The van der Waals surface area contributed by atoms with E-state index in [0.717, 1.165) is 57.3 Å². The Bertz CT molecular complexity index is 1020. The Balaban J connectivity index is 1.02. The Morgan fingerprint density at radius 1 is 1.00 bits per heavy atom. The van der Waals surface area contributed by atoms with Gasteiger partial charge in [-0.1, -0.05) is 26.0 Å². The largest absolute Gasteiger partial charge is 0.466 e. The van der Waals surface area contributed by atoms with Gasteiger partial charge in [0.2, 0.25) is 5.79 Å². The lowest BCUT2D eigenvalue weighted by atomic mass is 9.58. The normalized spacial score (nSPS) is 35.4. The van der Waals surface area contributed by atoms with E-state index in [4.69, 9.17) is 51.9 Å². The Morgan fingerprint density at radius 3 is 2.50 bits per heavy atom. The highest BCUT2D eigenvalue weighted by atomic mass is 35.5. The lowest BCUT2D eigenvalue weighted by Gasteiger charge is -2.60. The molecule has 1 saturated carbocycles. The minimum absolute atomic E-state index is 0.131. The molecule has 0 amide bonds. The summed E-state index contributed by atoms with van der Waals surface area (Å²) in [5, 5.41) is 0. The predicted octanol–water partition coefficient (Wildman–Crippen LogP) is 6.45. The van der Waals surface area contributed by atoms with Crippen molar-refractivity contribution in [2.24, 2.45) is 23.7 Å². The van der Waals surface area contributed by atoms with Gasteiger partial charge in [-0.05, 0) is 68.6 Å². The summed E-state index contributed by atoms with van der Waals surface area (Å²) in [5.41, 5.74) is 1.72. The molecule has 10 heteroatoms. The van der Waals surface area contributed by atoms with Gasteiger partial charge in [-0.3, -0.25) is 4.79 Å². The number of hydrogen-bond donors (Lipinski definition) is 0. The zero-order valence-electron chi connectivity index (χ0n) is 25.2. The van der Waals surface area contributed by atoms with Crippen molar-refractivity contribution < 1.29 is 33.5 Å². The monoisotopic (exact) mass is 627 g/mol. The zero-order valence-corrected chi connectivity index (χ0v) is 26.7. The maximum Gasteiger partial charge on any atom is 0.305 e. The molecule has 4 aliphatic heterocycles. The van der Waals surface area contributed by atoms with Gasteiger partial charge in [0.1, 0.15) is 0 Å². The third kappa shape index (κ3) is 6.90. The molecule has 6 rings (SSSR count). The van der Waals surface area contributed by atoms with Gasteiger partial charge in [-0.15, -0.1) is 23.2 Å². The van der Waals surface area contributed by atoms with Crippen molar-refractivity contribution in [2.75, 3.05) is 43.0 Å². The third-order valence-electron chi connectivity index (χ3n) is 9.79. The second-order valence-corrected chi connectivity index (χ2v) is 13.4. The average Bonchev–Trinajstić information content (AvgIpc) is 3.21. The number of benzene rings is 1. The maximum atomic E-state index is 12.3. The number of anilines is 1. The van der Waals surface area contributed by atoms with Crippen LogP contribution in [0.5, 0.6) is 0 Å². The fraction of sp³-hybridized carbons (Fsp3) is 0.781. The fourth-order valence-corrected chi connectivity index (χ4v) is 7.87. The van der Waals surface area contributed by atoms with E-state index < -0.39 is 24.0 Å². The Labute approximate surface area is 260 Å². The Morgan fingerprint density at radius 2 is 1.76 bits per heavy atom. The summed E-state index contributed by atoms with van der Waals surface area (Å²) < 4.78 is 24.5. The molecule has 5 aliphatic rings. The number of esters is 1. The summed E-state index contributed by atoms with van der Waals surface area (Å²) in [4.78, 5) is 26.6. The minimum Gasteiger partial charge on any atom is -0.466 e. The predicted molar refractivity (Wildman–Crippen MR) is 161 cm³/mol. The van der Waals surface area contributed by atoms with Crippen molar-refractivity contribution in [2.45, 2.75) is 96.1 Å². The first kappa shape index (κ1) is 32.3. The van der Waals surface area contributed by atoms with Crippen LogP contribution in [-0.4, -0.2) is 68.0 Å². The van der Waals surface area contributed by atoms with E-state index in [2.05, 4.69) is 43.0 Å². The topological polar surface area (TPSA) is 75.7 Å². The molecule has 0 unspecified atom stereocenters. The van der Waals surface area contributed by atoms with Crippen molar-refractivity contribution in [1.82, 2.24) is 0 Å². The van der Waals surface area contributed by atoms with E-state index in [1.165, 1.54) is 5.56 Å². The number of carbonyl (C=O) groups is 1. The Hall–Kier alpha value is -1.13. The first-order chi connectivity index (χ1) is 20.3. The number of ether oxygens (including phenoxy) is 4. The standard InChI is InChI=1S/C32H47Cl2NO7/c1-22-8-13-27-23(2)29(39-30-32(27)26(22)14-15-31(3,40-30)41-42-32)38-21-5-20-37-28(36)7-4-6-24-9-11-25(12-10-24)35(18-16-33)19-17-34/h9-12,22-23,26-27,29-30H,4-8,13-21H2,1-3H3/t22-,23-,26+,27+,29-,30-,31-,32-/m1/s1. The van der Waals surface area contributed by atoms with Gasteiger partial charge < -0.3 is 23.8 Å². The highest BCUT2D eigenvalue weighted by Gasteiger charge is 2.69. The second-order valence-electron chi connectivity index (χ2n) is 12.6. The molecule has 2 bridgehead atoms. The summed E-state index contributed by atoms with van der Waals surface area (Å²) in [6.45, 7) is 8.71. The SMILES string of the molecule is C[C@H]1[C@H](OCCCOC(=O)CCCc2ccc(N(CCCl)CCCl)cc2)O[C@@H]2O[C@@]3(C)CC[C@H]4[C@H](C)CC[C@@H]1[C@@]24OO3. The summed E-state index contributed by atoms with van der Waals surface area (Å²) in [7, 11) is 0. The van der Waals surface area contributed by atoms with Gasteiger partial charge in [0.15, 0.2) is 18.2 Å². The number of aryl methyl sites for hydroxylation is 1. The molecule has 0 radical (unpaired) electrons. The van der Waals surface area contributed by atoms with Crippen LogP contribution in [0.3, 0.4) is 0 Å². The molecule has 0 aromatic heterocycles. The number of hydrogen-bond acceptors (Lipinski definition) is 8. The fourth-order valence-electron chi connectivity index (χ4n) is 7.46. The molecule has 0 N–H and O–H groups in total. The molecule has 1 aliphatic carbocycles. The van der Waals surface area contributed by atoms with Crippen LogP contribution in [0.2, 0.25) is 0 Å². The number of carbonyl (C=O) groups excluding carboxylic acids is 1. The number of halogens is 2. The summed E-state index contributed by atoms with van der Waals surface area (Å²) in [6.07, 6.45) is 5.63. The van der Waals surface area contributed by atoms with E-state index in [-0.39, 0.29) is 17.8 Å². The van der Waals surface area contributed by atoms with Crippen molar-refractivity contribution in [3.63, 3.8) is 0 Å². The van der Waals surface area contributed by atoms with Crippen LogP contribution in [0.1, 0.15) is 71.3 Å². The van der Waals surface area contributed by atoms with E-state index in [0.29, 0.717) is 49.7 Å². The molecule has 8 nitrogen and oxygen atoms in total. The van der Waals surface area contributed by atoms with Crippen LogP contribution in [0.4, 0.5) is 5.69 Å². The highest BCUT2D eigenvalue weighted by Crippen LogP contribution is 2.60. The van der Waals surface area contributed by atoms with Crippen molar-refractivity contribution in [3.8, 4) is 0 Å². The molecule has 4 saturated heterocycles. The number of rotatable bonds is 14. The lowest BCUT2D eigenvalue weighted by molar-refractivity contribution is -0.577. The summed E-state index contributed by atoms with van der Waals surface area (Å²) in [6, 6.07) is 8.37. The summed E-state index contributed by atoms with van der Waals surface area (Å²) >= 11 is 11.8. The molecule has 1 aromatic carbocycles. The molecule has 8 atom stereocenters. The number of fused-ring (bicyclic) bond motifs is 2. The molecule has 4 heterocycles. The zero-order chi connectivity index (χ0) is 29.7. The van der Waals surface area contributed by atoms with E-state index in [1.807, 2.05) is 6.92 Å². The van der Waals surface area contributed by atoms with Crippen molar-refractivity contribution in [1.29, 1.82) is 0 Å². The summed E-state index contributed by atoms with van der Waals surface area (Å²) in [5.74, 6) is 1.36. The van der Waals surface area contributed by atoms with E-state index in [1.54, 1.807) is 0 Å². The van der Waals surface area contributed by atoms with Crippen LogP contribution < -0.4 is 4.90 Å². The van der Waals surface area contributed by atoms with Gasteiger partial charge in [-0.25, -0.2) is 9.78 Å². The minimum atomic E-state index is -0.796. The van der Waals surface area contributed by atoms with Gasteiger partial charge in [0.25, 0.3) is 0 Å². The van der Waals surface area contributed by atoms with Gasteiger partial charge >= 0.3 is 5.97 Å². The quantitative estimate of drug-likeness (QED) is 0.101. The van der Waals surface area contributed by atoms with Crippen LogP contribution >= 0.6 is 23.2 Å². The van der Waals surface area contributed by atoms with Gasteiger partial charge in [-0.2, -0.15) is 0 Å². The molecular formula is C32H47Cl2NO7. The second kappa shape index (κ2) is 14.3. The highest BCUT2D eigenvalue weighted by molar-refractivity contribution is 6.18. The third-order valence-corrected chi connectivity index (χ3v) is 10.1. The molecule has 1 aromatic rings. The first-order valence-electron chi connectivity index (χ1n) is 15.7. The van der Waals surface area contributed by atoms with Crippen LogP contribution in [-0.2, 0) is 39.9 Å². The van der Waals surface area contributed by atoms with Crippen molar-refractivity contribution in [3.05, 3.63) is 29.8 Å². The molecule has 1 spiro atoms. The lowest BCUT2D eigenvalue weighted by Crippen LogP contribution is -2.70. The Kier molecular flexibility index (Phi) is 11.0. The van der Waals surface area contributed by atoms with Crippen LogP contribution in [0.25, 0.3) is 0 Å². The number of nitrogens with zero attached hydrogens (tertiary/aromatic N) is 1. The number of alkyl halides is 2. The van der Waals surface area contributed by atoms with Crippen LogP contribution in [0.15, 0.2) is 24.3 Å². The smallest absolute Gasteiger partial charge is 0.305 e. The van der Waals surface area contributed by atoms with Crippen molar-refractivity contribution >= 4 is 34.9 Å². The first-order valence-corrected chi connectivity index (χ1v) is 16.8. The van der Waals surface area contributed by atoms with Gasteiger partial charge in [0, 0.05) is 61.6 Å². The van der Waals surface area contributed by atoms with E-state index in [9.17, 15) is 4.79 Å². The van der Waals surface area contributed by atoms with Crippen LogP contribution in [0, 0.1) is 23.7 Å². The molecule has 5 fully saturated rings.